The van der Waals surface area contributed by atoms with Crippen LogP contribution in [0.2, 0.25) is 0 Å². The van der Waals surface area contributed by atoms with Crippen molar-refractivity contribution >= 4 is 42.4 Å². The number of rotatable bonds is 6. The lowest BCUT2D eigenvalue weighted by molar-refractivity contribution is -0.152. The molecule has 34 heavy (non-hydrogen) atoms. The highest BCUT2D eigenvalue weighted by Gasteiger charge is 2.43. The molecule has 11 heteroatoms. The predicted molar refractivity (Wildman–Crippen MR) is 135 cm³/mol. The average molecular weight is 512 g/mol. The molecule has 1 fully saturated rings. The smallest absolute Gasteiger partial charge is 0.313 e. The Morgan fingerprint density at radius 3 is 2.38 bits per heavy atom. The molecule has 0 aliphatic carbocycles. The van der Waals surface area contributed by atoms with Gasteiger partial charge in [-0.15, -0.1) is 24.8 Å². The van der Waals surface area contributed by atoms with E-state index >= 15 is 0 Å². The van der Waals surface area contributed by atoms with Gasteiger partial charge < -0.3 is 30.1 Å². The first-order chi connectivity index (χ1) is 15.4. The maximum atomic E-state index is 12.3. The van der Waals surface area contributed by atoms with Crippen molar-refractivity contribution in [2.45, 2.75) is 25.8 Å². The molecule has 0 saturated carbocycles. The van der Waals surface area contributed by atoms with Crippen LogP contribution in [-0.2, 0) is 17.8 Å². The molecule has 9 nitrogen and oxygen atoms in total. The van der Waals surface area contributed by atoms with E-state index in [-0.39, 0.29) is 37.4 Å². The second-order valence-corrected chi connectivity index (χ2v) is 8.40. The number of piperidine rings is 1. The van der Waals surface area contributed by atoms with Gasteiger partial charge in [-0.1, -0.05) is 0 Å². The quantitative estimate of drug-likeness (QED) is 0.399. The number of guanidine groups is 1. The number of nitrogens with zero attached hydrogens (tertiary/aromatic N) is 3. The summed E-state index contributed by atoms with van der Waals surface area (Å²) in [5.41, 5.74) is 7.89. The monoisotopic (exact) mass is 511 g/mol. The number of fused-ring (bicyclic) bond motifs is 1. The van der Waals surface area contributed by atoms with Crippen molar-refractivity contribution < 1.29 is 19.4 Å². The Bertz CT molecular complexity index is 1000. The fraction of sp³-hybridized carbons (Fsp3) is 0.435. The minimum absolute atomic E-state index is 0. The lowest BCUT2D eigenvalue weighted by Gasteiger charge is -2.39. The largest absolute Gasteiger partial charge is 0.493 e. The number of benzene rings is 1. The molecule has 0 unspecified atom stereocenters. The van der Waals surface area contributed by atoms with E-state index in [0.29, 0.717) is 50.5 Å². The molecule has 0 radical (unpaired) electrons. The average Bonchev–Trinajstić information content (AvgIpc) is 2.82. The van der Waals surface area contributed by atoms with Crippen LogP contribution in [0.3, 0.4) is 0 Å². The Morgan fingerprint density at radius 2 is 1.79 bits per heavy atom. The van der Waals surface area contributed by atoms with E-state index in [1.54, 1.807) is 24.4 Å². The van der Waals surface area contributed by atoms with E-state index in [2.05, 4.69) is 9.88 Å². The zero-order valence-electron chi connectivity index (χ0n) is 19.0. The minimum atomic E-state index is -0.962. The van der Waals surface area contributed by atoms with Gasteiger partial charge in [0.1, 0.15) is 12.0 Å². The Morgan fingerprint density at radius 1 is 1.15 bits per heavy atom. The van der Waals surface area contributed by atoms with Gasteiger partial charge >= 0.3 is 5.97 Å². The number of aliphatic carboxylic acids is 1. The molecule has 4 N–H and O–H groups in total. The molecular weight excluding hydrogens is 481 g/mol. The number of pyridine rings is 1. The van der Waals surface area contributed by atoms with Crippen LogP contribution in [0.25, 0.3) is 0 Å². The molecule has 186 valence electrons. The van der Waals surface area contributed by atoms with E-state index in [1.807, 2.05) is 24.3 Å². The first-order valence-electron chi connectivity index (χ1n) is 10.7. The van der Waals surface area contributed by atoms with E-state index in [1.165, 1.54) is 0 Å². The van der Waals surface area contributed by atoms with E-state index in [9.17, 15) is 9.90 Å². The van der Waals surface area contributed by atoms with E-state index in [0.717, 1.165) is 23.2 Å². The van der Waals surface area contributed by atoms with Crippen LogP contribution in [-0.4, -0.2) is 60.3 Å². The second kappa shape index (κ2) is 11.5. The highest BCUT2D eigenvalue weighted by Crippen LogP contribution is 2.38. The van der Waals surface area contributed by atoms with Crippen molar-refractivity contribution in [1.29, 1.82) is 5.41 Å². The summed E-state index contributed by atoms with van der Waals surface area (Å²) in [5, 5.41) is 17.8. The number of halogens is 2. The fourth-order valence-corrected chi connectivity index (χ4v) is 4.43. The molecule has 1 saturated heterocycles. The van der Waals surface area contributed by atoms with Gasteiger partial charge in [0, 0.05) is 44.3 Å². The summed E-state index contributed by atoms with van der Waals surface area (Å²) in [4.78, 5) is 20.3. The summed E-state index contributed by atoms with van der Waals surface area (Å²) in [7, 11) is 1.58. The molecule has 3 heterocycles. The van der Waals surface area contributed by atoms with Gasteiger partial charge in [-0.3, -0.25) is 15.2 Å². The van der Waals surface area contributed by atoms with Crippen molar-refractivity contribution in [2.24, 2.45) is 11.1 Å². The number of carboxylic acid groups (broad SMARTS) is 1. The van der Waals surface area contributed by atoms with Crippen LogP contribution >= 0.6 is 24.8 Å². The Labute approximate surface area is 211 Å². The Hall–Kier alpha value is -2.91. The predicted octanol–water partition coefficient (Wildman–Crippen LogP) is 2.94. The second-order valence-electron chi connectivity index (χ2n) is 8.40. The fourth-order valence-electron chi connectivity index (χ4n) is 4.43. The molecule has 0 atom stereocenters. The molecule has 0 amide bonds. The number of carbonyl (C=O) groups is 1. The number of anilines is 1. The van der Waals surface area contributed by atoms with Gasteiger partial charge in [0.05, 0.1) is 7.11 Å². The summed E-state index contributed by atoms with van der Waals surface area (Å²) in [6, 6.07) is 7.71. The van der Waals surface area contributed by atoms with Crippen molar-refractivity contribution in [3.63, 3.8) is 0 Å². The number of carboxylic acids is 1. The molecule has 2 aromatic rings. The van der Waals surface area contributed by atoms with Crippen LogP contribution in [0.5, 0.6) is 11.5 Å². The molecule has 0 bridgehead atoms. The van der Waals surface area contributed by atoms with Gasteiger partial charge in [-0.25, -0.2) is 0 Å². The number of hydrogen-bond acceptors (Lipinski definition) is 6. The van der Waals surface area contributed by atoms with E-state index < -0.39 is 11.4 Å². The zero-order chi connectivity index (χ0) is 22.7. The maximum absolute atomic E-state index is 12.3. The third kappa shape index (κ3) is 5.59. The number of hydrogen-bond donors (Lipinski definition) is 3. The maximum Gasteiger partial charge on any atom is 0.313 e. The molecular formula is C23H31Cl2N5O4. The normalized spacial score (nSPS) is 16.4. The number of nitrogens with one attached hydrogen (secondary N) is 1. The summed E-state index contributed by atoms with van der Waals surface area (Å²) in [6.45, 7) is 2.54. The molecule has 2 aliphatic rings. The SMILES string of the molecule is COc1cc2c(cc1OCC1(C(=O)O)CCN(c3ccncc3)CC1)CN(C(=N)N)CC2.Cl.Cl. The third-order valence-electron chi connectivity index (χ3n) is 6.54. The summed E-state index contributed by atoms with van der Waals surface area (Å²) in [6.07, 6.45) is 5.21. The van der Waals surface area contributed by atoms with Gasteiger partial charge in [0.15, 0.2) is 17.5 Å². The van der Waals surface area contributed by atoms with E-state index in [4.69, 9.17) is 20.6 Å². The third-order valence-corrected chi connectivity index (χ3v) is 6.54. The standard InChI is InChI=1S/C23H29N5O4.2ClH/c1-31-19-12-16-4-9-28(22(24)25)14-17(16)13-20(19)32-15-23(21(29)30)5-10-27(11-6-23)18-2-7-26-8-3-18;;/h2-3,7-8,12-13H,4-6,9-11,14-15H2,1H3,(H3,24,25)(H,29,30);2*1H. The van der Waals surface area contributed by atoms with Gasteiger partial charge in [-0.2, -0.15) is 0 Å². The zero-order valence-corrected chi connectivity index (χ0v) is 20.7. The number of methoxy groups -OCH3 is 1. The van der Waals surface area contributed by atoms with Gasteiger partial charge in [-0.05, 0) is 54.7 Å². The molecule has 0 spiro atoms. The van der Waals surface area contributed by atoms with Crippen molar-refractivity contribution in [1.82, 2.24) is 9.88 Å². The number of ether oxygens (including phenoxy) is 2. The number of aromatic nitrogens is 1. The summed E-state index contributed by atoms with van der Waals surface area (Å²) in [5.74, 6) is 0.315. The highest BCUT2D eigenvalue weighted by molar-refractivity contribution is 5.85. The topological polar surface area (TPSA) is 125 Å². The van der Waals surface area contributed by atoms with Gasteiger partial charge in [0.25, 0.3) is 0 Å². The molecule has 2 aliphatic heterocycles. The first kappa shape index (κ1) is 27.3. The van der Waals surface area contributed by atoms with Crippen molar-refractivity contribution in [2.75, 3.05) is 38.3 Å². The first-order valence-corrected chi connectivity index (χ1v) is 10.7. The molecule has 1 aromatic carbocycles. The lowest BCUT2D eigenvalue weighted by Crippen LogP contribution is -2.47. The van der Waals surface area contributed by atoms with Crippen LogP contribution in [0.4, 0.5) is 5.69 Å². The van der Waals surface area contributed by atoms with Crippen LogP contribution in [0.1, 0.15) is 24.0 Å². The Balaban J connectivity index is 0.00000204. The van der Waals surface area contributed by atoms with Gasteiger partial charge in [0.2, 0.25) is 0 Å². The highest BCUT2D eigenvalue weighted by atomic mass is 35.5. The van der Waals surface area contributed by atoms with Crippen molar-refractivity contribution in [3.05, 3.63) is 47.8 Å². The Kier molecular flexibility index (Phi) is 9.23. The van der Waals surface area contributed by atoms with Crippen LogP contribution < -0.4 is 20.1 Å². The van der Waals surface area contributed by atoms with Crippen molar-refractivity contribution in [3.8, 4) is 11.5 Å². The minimum Gasteiger partial charge on any atom is -0.493 e. The summed E-state index contributed by atoms with van der Waals surface area (Å²) < 4.78 is 11.6. The lowest BCUT2D eigenvalue weighted by atomic mass is 9.79. The number of nitrogens with two attached hydrogens (primary N) is 1. The van der Waals surface area contributed by atoms with Crippen LogP contribution in [0.15, 0.2) is 36.7 Å². The van der Waals surface area contributed by atoms with Crippen LogP contribution in [0, 0.1) is 10.8 Å². The molecule has 4 rings (SSSR count). The molecule has 1 aromatic heterocycles. The summed E-state index contributed by atoms with van der Waals surface area (Å²) >= 11 is 0.